The molecule has 1 aromatic carbocycles. The van der Waals surface area contributed by atoms with E-state index in [4.69, 9.17) is 10.2 Å². The summed E-state index contributed by atoms with van der Waals surface area (Å²) in [5.74, 6) is 1.89. The minimum absolute atomic E-state index is 0.211. The maximum Gasteiger partial charge on any atom is 0.134 e. The lowest BCUT2D eigenvalue weighted by molar-refractivity contribution is 0.174. The van der Waals surface area contributed by atoms with Crippen LogP contribution in [0.15, 0.2) is 34.7 Å². The summed E-state index contributed by atoms with van der Waals surface area (Å²) in [6.07, 6.45) is 3.90. The first kappa shape index (κ1) is 13.7. The number of hydrogen-bond donors (Lipinski definition) is 1. The molecule has 0 saturated heterocycles. The molecule has 0 bridgehead atoms. The summed E-state index contributed by atoms with van der Waals surface area (Å²) in [5, 5.41) is 1.17. The third-order valence-corrected chi connectivity index (χ3v) is 4.14. The van der Waals surface area contributed by atoms with Crippen LogP contribution >= 0.6 is 0 Å². The molecule has 1 fully saturated rings. The van der Waals surface area contributed by atoms with E-state index in [1.54, 1.807) is 0 Å². The SMILES string of the molecule is CCCN(CC1CC1)C(CN)c1cc2ccccc2o1. The fourth-order valence-corrected chi connectivity index (χ4v) is 2.91. The highest BCUT2D eigenvalue weighted by Crippen LogP contribution is 2.34. The maximum absolute atomic E-state index is 6.05. The summed E-state index contributed by atoms with van der Waals surface area (Å²) in [4.78, 5) is 2.51. The van der Waals surface area contributed by atoms with Crippen molar-refractivity contribution < 1.29 is 4.42 Å². The smallest absolute Gasteiger partial charge is 0.134 e. The Morgan fingerprint density at radius 1 is 1.35 bits per heavy atom. The average Bonchev–Trinajstić information content (AvgIpc) is 3.17. The van der Waals surface area contributed by atoms with Crippen molar-refractivity contribution in [1.29, 1.82) is 0 Å². The Kier molecular flexibility index (Phi) is 4.08. The number of benzene rings is 1. The van der Waals surface area contributed by atoms with Gasteiger partial charge in [-0.05, 0) is 43.9 Å². The van der Waals surface area contributed by atoms with Crippen molar-refractivity contribution in [2.45, 2.75) is 32.2 Å². The second kappa shape index (κ2) is 5.98. The quantitative estimate of drug-likeness (QED) is 0.838. The first-order chi connectivity index (χ1) is 9.81. The minimum atomic E-state index is 0.211. The molecule has 3 rings (SSSR count). The standard InChI is InChI=1S/C17H24N2O/c1-2-9-19(12-13-7-8-13)15(11-18)17-10-14-5-3-4-6-16(14)20-17/h3-6,10,13,15H,2,7-9,11-12,18H2,1H3. The third kappa shape index (κ3) is 2.89. The van der Waals surface area contributed by atoms with Crippen LogP contribution in [0.2, 0.25) is 0 Å². The zero-order chi connectivity index (χ0) is 13.9. The second-order valence-electron chi connectivity index (χ2n) is 5.88. The van der Waals surface area contributed by atoms with Crippen LogP contribution in [0, 0.1) is 5.92 Å². The average molecular weight is 272 g/mol. The predicted molar refractivity (Wildman–Crippen MR) is 82.6 cm³/mol. The van der Waals surface area contributed by atoms with E-state index in [0.29, 0.717) is 6.54 Å². The van der Waals surface area contributed by atoms with Crippen LogP contribution in [-0.2, 0) is 0 Å². The summed E-state index contributed by atoms with van der Waals surface area (Å²) < 4.78 is 6.03. The lowest BCUT2D eigenvalue weighted by Crippen LogP contribution is -2.35. The van der Waals surface area contributed by atoms with Crippen molar-refractivity contribution in [3.63, 3.8) is 0 Å². The van der Waals surface area contributed by atoms with Crippen LogP contribution in [0.1, 0.15) is 38.0 Å². The summed E-state index contributed by atoms with van der Waals surface area (Å²) >= 11 is 0. The molecular weight excluding hydrogens is 248 g/mol. The molecule has 1 atom stereocenters. The Hall–Kier alpha value is -1.32. The number of rotatable bonds is 7. The molecular formula is C17H24N2O. The van der Waals surface area contributed by atoms with Gasteiger partial charge in [-0.3, -0.25) is 4.90 Å². The molecule has 1 aromatic heterocycles. The predicted octanol–water partition coefficient (Wildman–Crippen LogP) is 3.55. The summed E-state index contributed by atoms with van der Waals surface area (Å²) in [6, 6.07) is 10.6. The topological polar surface area (TPSA) is 42.4 Å². The van der Waals surface area contributed by atoms with Crippen molar-refractivity contribution in [2.75, 3.05) is 19.6 Å². The first-order valence-corrected chi connectivity index (χ1v) is 7.74. The van der Waals surface area contributed by atoms with E-state index in [1.165, 1.54) is 18.2 Å². The molecule has 3 nitrogen and oxygen atoms in total. The molecule has 1 unspecified atom stereocenters. The van der Waals surface area contributed by atoms with Gasteiger partial charge in [0.15, 0.2) is 0 Å². The van der Waals surface area contributed by atoms with Gasteiger partial charge in [-0.25, -0.2) is 0 Å². The molecule has 1 heterocycles. The van der Waals surface area contributed by atoms with Gasteiger partial charge in [0.2, 0.25) is 0 Å². The van der Waals surface area contributed by atoms with E-state index in [2.05, 4.69) is 24.0 Å². The van der Waals surface area contributed by atoms with Crippen LogP contribution in [-0.4, -0.2) is 24.5 Å². The number of para-hydroxylation sites is 1. The fraction of sp³-hybridized carbons (Fsp3) is 0.529. The Morgan fingerprint density at radius 2 is 2.15 bits per heavy atom. The molecule has 1 aliphatic carbocycles. The lowest BCUT2D eigenvalue weighted by atomic mass is 10.1. The molecule has 2 aromatic rings. The highest BCUT2D eigenvalue weighted by molar-refractivity contribution is 5.77. The van der Waals surface area contributed by atoms with Crippen molar-refractivity contribution in [3.05, 3.63) is 36.1 Å². The number of nitrogens with two attached hydrogens (primary N) is 1. The van der Waals surface area contributed by atoms with E-state index in [0.717, 1.165) is 36.8 Å². The molecule has 108 valence electrons. The van der Waals surface area contributed by atoms with E-state index in [9.17, 15) is 0 Å². The Balaban J connectivity index is 1.85. The van der Waals surface area contributed by atoms with Gasteiger partial charge >= 0.3 is 0 Å². The third-order valence-electron chi connectivity index (χ3n) is 4.14. The number of fused-ring (bicyclic) bond motifs is 1. The first-order valence-electron chi connectivity index (χ1n) is 7.74. The highest BCUT2D eigenvalue weighted by atomic mass is 16.3. The van der Waals surface area contributed by atoms with Crippen LogP contribution < -0.4 is 5.73 Å². The second-order valence-corrected chi connectivity index (χ2v) is 5.88. The molecule has 20 heavy (non-hydrogen) atoms. The van der Waals surface area contributed by atoms with Crippen molar-refractivity contribution in [2.24, 2.45) is 11.7 Å². The van der Waals surface area contributed by atoms with Gasteiger partial charge in [-0.1, -0.05) is 25.1 Å². The van der Waals surface area contributed by atoms with Crippen LogP contribution in [0.5, 0.6) is 0 Å². The molecule has 0 amide bonds. The Morgan fingerprint density at radius 3 is 2.80 bits per heavy atom. The molecule has 0 radical (unpaired) electrons. The molecule has 2 N–H and O–H groups in total. The van der Waals surface area contributed by atoms with Gasteiger partial charge in [-0.15, -0.1) is 0 Å². The molecule has 0 spiro atoms. The van der Waals surface area contributed by atoms with Crippen molar-refractivity contribution in [3.8, 4) is 0 Å². The fourth-order valence-electron chi connectivity index (χ4n) is 2.91. The van der Waals surface area contributed by atoms with Gasteiger partial charge in [0.1, 0.15) is 11.3 Å². The summed E-state index contributed by atoms with van der Waals surface area (Å²) in [6.45, 7) is 5.10. The number of furan rings is 1. The number of hydrogen-bond acceptors (Lipinski definition) is 3. The van der Waals surface area contributed by atoms with E-state index < -0.39 is 0 Å². The number of nitrogens with zero attached hydrogens (tertiary/aromatic N) is 1. The zero-order valence-electron chi connectivity index (χ0n) is 12.2. The van der Waals surface area contributed by atoms with E-state index in [1.807, 2.05) is 18.2 Å². The molecule has 1 saturated carbocycles. The monoisotopic (exact) mass is 272 g/mol. The van der Waals surface area contributed by atoms with E-state index in [-0.39, 0.29) is 6.04 Å². The zero-order valence-corrected chi connectivity index (χ0v) is 12.2. The van der Waals surface area contributed by atoms with Crippen LogP contribution in [0.3, 0.4) is 0 Å². The van der Waals surface area contributed by atoms with Crippen LogP contribution in [0.25, 0.3) is 11.0 Å². The van der Waals surface area contributed by atoms with Gasteiger partial charge in [-0.2, -0.15) is 0 Å². The largest absolute Gasteiger partial charge is 0.459 e. The maximum atomic E-state index is 6.05. The molecule has 1 aliphatic rings. The normalized spacial score (nSPS) is 16.9. The summed E-state index contributed by atoms with van der Waals surface area (Å²) in [7, 11) is 0. The summed E-state index contributed by atoms with van der Waals surface area (Å²) in [5.41, 5.74) is 7.01. The lowest BCUT2D eigenvalue weighted by Gasteiger charge is -2.29. The van der Waals surface area contributed by atoms with Gasteiger partial charge in [0, 0.05) is 18.5 Å². The van der Waals surface area contributed by atoms with Gasteiger partial charge in [0.25, 0.3) is 0 Å². The highest BCUT2D eigenvalue weighted by Gasteiger charge is 2.29. The van der Waals surface area contributed by atoms with Crippen molar-refractivity contribution in [1.82, 2.24) is 4.90 Å². The van der Waals surface area contributed by atoms with E-state index >= 15 is 0 Å². The van der Waals surface area contributed by atoms with Gasteiger partial charge in [0.05, 0.1) is 6.04 Å². The Bertz CT molecular complexity index is 526. The van der Waals surface area contributed by atoms with Crippen molar-refractivity contribution >= 4 is 11.0 Å². The minimum Gasteiger partial charge on any atom is -0.459 e. The van der Waals surface area contributed by atoms with Crippen LogP contribution in [0.4, 0.5) is 0 Å². The molecule has 3 heteroatoms. The Labute approximate surface area is 120 Å². The van der Waals surface area contributed by atoms with Gasteiger partial charge < -0.3 is 10.2 Å². The molecule has 0 aliphatic heterocycles.